The molecule has 0 aliphatic carbocycles. The fourth-order valence-corrected chi connectivity index (χ4v) is 2.16. The van der Waals surface area contributed by atoms with Crippen LogP contribution in [0.3, 0.4) is 0 Å². The van der Waals surface area contributed by atoms with Gasteiger partial charge < -0.3 is 10.3 Å². The Morgan fingerprint density at radius 1 is 1.32 bits per heavy atom. The Morgan fingerprint density at radius 2 is 2.05 bits per heavy atom. The summed E-state index contributed by atoms with van der Waals surface area (Å²) in [7, 11) is 0. The lowest BCUT2D eigenvalue weighted by Gasteiger charge is -2.15. The largest absolute Gasteiger partial charge is 0.401 e. The van der Waals surface area contributed by atoms with E-state index in [2.05, 4.69) is 10.3 Å². The highest BCUT2D eigenvalue weighted by Crippen LogP contribution is 2.21. The molecule has 104 valence electrons. The van der Waals surface area contributed by atoms with Crippen LogP contribution in [0.5, 0.6) is 0 Å². The van der Waals surface area contributed by atoms with Gasteiger partial charge in [0.15, 0.2) is 0 Å². The number of hydrogen-bond acceptors (Lipinski definition) is 1. The minimum Gasteiger partial charge on any atom is -0.361 e. The molecule has 5 heteroatoms. The van der Waals surface area contributed by atoms with Gasteiger partial charge in [0.05, 0.1) is 6.54 Å². The number of fused-ring (bicyclic) bond motifs is 1. The summed E-state index contributed by atoms with van der Waals surface area (Å²) < 4.78 is 36.4. The quantitative estimate of drug-likeness (QED) is 0.873. The van der Waals surface area contributed by atoms with Gasteiger partial charge in [0.2, 0.25) is 0 Å². The Labute approximate surface area is 110 Å². The molecule has 1 aromatic heterocycles. The smallest absolute Gasteiger partial charge is 0.361 e. The summed E-state index contributed by atoms with van der Waals surface area (Å²) in [4.78, 5) is 3.16. The van der Waals surface area contributed by atoms with E-state index in [0.717, 1.165) is 22.0 Å². The predicted octanol–water partition coefficient (Wildman–Crippen LogP) is 3.56. The zero-order valence-electron chi connectivity index (χ0n) is 10.9. The van der Waals surface area contributed by atoms with Gasteiger partial charge >= 0.3 is 6.18 Å². The fraction of sp³-hybridized carbons (Fsp3) is 0.429. The number of aryl methyl sites for hydroxylation is 1. The Kier molecular flexibility index (Phi) is 3.85. The number of H-pyrrole nitrogens is 1. The topological polar surface area (TPSA) is 27.8 Å². The van der Waals surface area contributed by atoms with Crippen molar-refractivity contribution in [3.05, 3.63) is 35.5 Å². The van der Waals surface area contributed by atoms with Crippen molar-refractivity contribution in [3.63, 3.8) is 0 Å². The van der Waals surface area contributed by atoms with E-state index in [4.69, 9.17) is 0 Å². The summed E-state index contributed by atoms with van der Waals surface area (Å²) in [6.45, 7) is 2.82. The van der Waals surface area contributed by atoms with Gasteiger partial charge in [-0.1, -0.05) is 12.1 Å². The predicted molar refractivity (Wildman–Crippen MR) is 70.3 cm³/mol. The van der Waals surface area contributed by atoms with E-state index in [1.165, 1.54) is 0 Å². The third kappa shape index (κ3) is 3.73. The number of halogens is 3. The van der Waals surface area contributed by atoms with E-state index in [-0.39, 0.29) is 6.04 Å². The highest BCUT2D eigenvalue weighted by atomic mass is 19.4. The number of hydrogen-bond donors (Lipinski definition) is 2. The van der Waals surface area contributed by atoms with E-state index in [0.29, 0.717) is 6.42 Å². The monoisotopic (exact) mass is 270 g/mol. The molecule has 0 fully saturated rings. The van der Waals surface area contributed by atoms with Gasteiger partial charge in [0, 0.05) is 23.1 Å². The van der Waals surface area contributed by atoms with Crippen LogP contribution in [-0.2, 0) is 6.42 Å². The third-order valence-electron chi connectivity index (χ3n) is 3.10. The van der Waals surface area contributed by atoms with Crippen molar-refractivity contribution in [2.24, 2.45) is 0 Å². The maximum absolute atomic E-state index is 12.1. The molecule has 0 radical (unpaired) electrons. The van der Waals surface area contributed by atoms with Gasteiger partial charge in [0.1, 0.15) is 0 Å². The minimum atomic E-state index is -4.16. The van der Waals surface area contributed by atoms with Gasteiger partial charge in [0.25, 0.3) is 0 Å². The highest BCUT2D eigenvalue weighted by molar-refractivity contribution is 5.83. The molecule has 1 aromatic carbocycles. The van der Waals surface area contributed by atoms with Crippen molar-refractivity contribution in [3.8, 4) is 0 Å². The molecule has 0 aliphatic rings. The van der Waals surface area contributed by atoms with Gasteiger partial charge in [-0.25, -0.2) is 0 Å². The number of benzene rings is 1. The van der Waals surface area contributed by atoms with Crippen molar-refractivity contribution in [2.75, 3.05) is 6.54 Å². The number of alkyl halides is 3. The second-order valence-electron chi connectivity index (χ2n) is 4.96. The minimum absolute atomic E-state index is 0.220. The van der Waals surface area contributed by atoms with E-state index < -0.39 is 12.7 Å². The molecule has 2 N–H and O–H groups in total. The molecule has 0 saturated carbocycles. The maximum Gasteiger partial charge on any atom is 0.401 e. The van der Waals surface area contributed by atoms with E-state index in [1.807, 2.05) is 31.3 Å². The first kappa shape index (κ1) is 13.9. The Hall–Kier alpha value is -1.49. The average molecular weight is 270 g/mol. The van der Waals surface area contributed by atoms with Crippen LogP contribution in [0.1, 0.15) is 18.1 Å². The lowest BCUT2D eigenvalue weighted by Crippen LogP contribution is -2.36. The first-order chi connectivity index (χ1) is 8.85. The van der Waals surface area contributed by atoms with Crippen LogP contribution in [0.15, 0.2) is 24.4 Å². The van der Waals surface area contributed by atoms with Crippen LogP contribution in [0.4, 0.5) is 13.2 Å². The van der Waals surface area contributed by atoms with Gasteiger partial charge in [-0.2, -0.15) is 13.2 Å². The molecule has 2 rings (SSSR count). The van der Waals surface area contributed by atoms with Crippen LogP contribution in [0, 0.1) is 6.92 Å². The van der Waals surface area contributed by atoms with Crippen LogP contribution >= 0.6 is 0 Å². The summed E-state index contributed by atoms with van der Waals surface area (Å²) in [6, 6.07) is 5.83. The fourth-order valence-electron chi connectivity index (χ4n) is 2.16. The van der Waals surface area contributed by atoms with Crippen molar-refractivity contribution >= 4 is 10.9 Å². The normalized spacial score (nSPS) is 13.9. The Morgan fingerprint density at radius 3 is 2.74 bits per heavy atom. The van der Waals surface area contributed by atoms with E-state index in [1.54, 1.807) is 6.92 Å². The lowest BCUT2D eigenvalue weighted by molar-refractivity contribution is -0.126. The second-order valence-corrected chi connectivity index (χ2v) is 4.96. The molecule has 0 unspecified atom stereocenters. The van der Waals surface area contributed by atoms with Crippen LogP contribution in [0.25, 0.3) is 10.9 Å². The van der Waals surface area contributed by atoms with Gasteiger partial charge in [-0.3, -0.25) is 0 Å². The number of nitrogens with one attached hydrogen (secondary N) is 2. The molecule has 2 aromatic rings. The Balaban J connectivity index is 2.05. The van der Waals surface area contributed by atoms with E-state index >= 15 is 0 Å². The van der Waals surface area contributed by atoms with E-state index in [9.17, 15) is 13.2 Å². The number of aromatic nitrogens is 1. The Bertz CT molecular complexity index is 557. The molecule has 1 atom stereocenters. The number of aromatic amines is 1. The summed E-state index contributed by atoms with van der Waals surface area (Å²) >= 11 is 0. The van der Waals surface area contributed by atoms with Crippen LogP contribution in [-0.4, -0.2) is 23.7 Å². The standard InChI is InChI=1S/C14H17F3N2/c1-9-3-4-12-11(7-18-13(12)5-9)6-10(2)19-8-14(15,16)17/h3-5,7,10,18-19H,6,8H2,1-2H3/t10-/m1/s1. The molecular formula is C14H17F3N2. The van der Waals surface area contributed by atoms with Crippen molar-refractivity contribution < 1.29 is 13.2 Å². The van der Waals surface area contributed by atoms with Crippen molar-refractivity contribution in [2.45, 2.75) is 32.5 Å². The number of rotatable bonds is 4. The molecule has 0 amide bonds. The molecule has 2 nitrogen and oxygen atoms in total. The van der Waals surface area contributed by atoms with Crippen LogP contribution < -0.4 is 5.32 Å². The summed E-state index contributed by atoms with van der Waals surface area (Å²) in [5.74, 6) is 0. The molecular weight excluding hydrogens is 253 g/mol. The molecule has 19 heavy (non-hydrogen) atoms. The van der Waals surface area contributed by atoms with Crippen molar-refractivity contribution in [1.82, 2.24) is 10.3 Å². The lowest BCUT2D eigenvalue weighted by atomic mass is 10.1. The van der Waals surface area contributed by atoms with Gasteiger partial charge in [-0.05, 0) is 37.5 Å². The maximum atomic E-state index is 12.1. The zero-order valence-corrected chi connectivity index (χ0v) is 10.9. The summed E-state index contributed by atoms with van der Waals surface area (Å²) in [5.41, 5.74) is 3.22. The second kappa shape index (κ2) is 5.25. The molecule has 0 aliphatic heterocycles. The van der Waals surface area contributed by atoms with Gasteiger partial charge in [-0.15, -0.1) is 0 Å². The summed E-state index contributed by atoms with van der Waals surface area (Å²) in [5, 5.41) is 3.57. The molecule has 0 bridgehead atoms. The molecule has 0 spiro atoms. The summed E-state index contributed by atoms with van der Waals surface area (Å²) in [6.07, 6.45) is -1.72. The molecule has 0 saturated heterocycles. The highest BCUT2D eigenvalue weighted by Gasteiger charge is 2.27. The van der Waals surface area contributed by atoms with Crippen LogP contribution in [0.2, 0.25) is 0 Å². The SMILES string of the molecule is Cc1ccc2c(C[C@@H](C)NCC(F)(F)F)c[nH]c2c1. The zero-order chi connectivity index (χ0) is 14.0. The van der Waals surface area contributed by atoms with Crippen molar-refractivity contribution in [1.29, 1.82) is 0 Å². The average Bonchev–Trinajstić information content (AvgIpc) is 2.68. The first-order valence-corrected chi connectivity index (χ1v) is 6.22. The first-order valence-electron chi connectivity index (χ1n) is 6.22. The third-order valence-corrected chi connectivity index (χ3v) is 3.10. The molecule has 1 heterocycles.